The highest BCUT2D eigenvalue weighted by Gasteiger charge is 2.26. The molecule has 0 bridgehead atoms. The van der Waals surface area contributed by atoms with Gasteiger partial charge in [0.15, 0.2) is 0 Å². The summed E-state index contributed by atoms with van der Waals surface area (Å²) < 4.78 is 26.6. The van der Waals surface area contributed by atoms with Gasteiger partial charge in [-0.3, -0.25) is 4.79 Å². The van der Waals surface area contributed by atoms with Crippen molar-refractivity contribution in [2.45, 2.75) is 37.5 Å². The van der Waals surface area contributed by atoms with Gasteiger partial charge in [-0.1, -0.05) is 13.3 Å². The molecule has 1 aliphatic rings. The van der Waals surface area contributed by atoms with E-state index < -0.39 is 16.0 Å². The zero-order valence-electron chi connectivity index (χ0n) is 13.3. The third-order valence-corrected chi connectivity index (χ3v) is 5.70. The fraction of sp³-hybridized carbons (Fsp3) is 0.600. The summed E-state index contributed by atoms with van der Waals surface area (Å²) >= 11 is 0. The topological polar surface area (TPSA) is 90.8 Å². The van der Waals surface area contributed by atoms with Gasteiger partial charge in [-0.05, 0) is 31.4 Å². The van der Waals surface area contributed by atoms with Crippen LogP contribution in [0.15, 0.2) is 23.2 Å². The van der Waals surface area contributed by atoms with Gasteiger partial charge in [0.2, 0.25) is 10.0 Å². The number of aromatic nitrogens is 1. The lowest BCUT2D eigenvalue weighted by atomic mass is 10.2. The number of nitrogens with zero attached hydrogens (tertiary/aromatic N) is 3. The molecule has 7 nitrogen and oxygen atoms in total. The molecule has 128 valence electrons. The fourth-order valence-corrected chi connectivity index (χ4v) is 4.14. The van der Waals surface area contributed by atoms with Gasteiger partial charge in [0.25, 0.3) is 0 Å². The monoisotopic (exact) mass is 341 g/mol. The lowest BCUT2D eigenvalue weighted by Gasteiger charge is -2.26. The van der Waals surface area contributed by atoms with E-state index in [1.54, 1.807) is 11.0 Å². The van der Waals surface area contributed by atoms with Crippen molar-refractivity contribution in [3.05, 3.63) is 18.3 Å². The maximum absolute atomic E-state index is 12.6. The van der Waals surface area contributed by atoms with Crippen LogP contribution < -0.4 is 4.90 Å². The summed E-state index contributed by atoms with van der Waals surface area (Å²) in [5.41, 5.74) is 0. The number of piperidine rings is 1. The minimum absolute atomic E-state index is 0.154. The summed E-state index contributed by atoms with van der Waals surface area (Å²) in [5, 5.41) is 8.95. The first-order valence-corrected chi connectivity index (χ1v) is 9.32. The first-order chi connectivity index (χ1) is 10.9. The number of hydrogen-bond donors (Lipinski definition) is 1. The highest BCUT2D eigenvalue weighted by Crippen LogP contribution is 2.21. The number of carboxylic acids is 1. The van der Waals surface area contributed by atoms with Crippen LogP contribution in [0.5, 0.6) is 0 Å². The van der Waals surface area contributed by atoms with Crippen LogP contribution in [0.3, 0.4) is 0 Å². The van der Waals surface area contributed by atoms with Crippen molar-refractivity contribution in [1.82, 2.24) is 9.29 Å². The molecule has 0 aliphatic carbocycles. The Bertz CT molecular complexity index is 625. The van der Waals surface area contributed by atoms with Gasteiger partial charge in [0.05, 0.1) is 0 Å². The van der Waals surface area contributed by atoms with Crippen LogP contribution in [-0.2, 0) is 14.8 Å². The highest BCUT2D eigenvalue weighted by molar-refractivity contribution is 7.89. The molecule has 0 spiro atoms. The summed E-state index contributed by atoms with van der Waals surface area (Å²) in [6.45, 7) is 3.44. The molecule has 1 N–H and O–H groups in total. The number of pyridine rings is 1. The Balaban J connectivity index is 2.18. The van der Waals surface area contributed by atoms with Gasteiger partial charge in [0.1, 0.15) is 17.3 Å². The molecular weight excluding hydrogens is 318 g/mol. The van der Waals surface area contributed by atoms with Crippen molar-refractivity contribution in [1.29, 1.82) is 0 Å². The van der Waals surface area contributed by atoms with E-state index in [-0.39, 0.29) is 11.4 Å². The van der Waals surface area contributed by atoms with Gasteiger partial charge in [-0.2, -0.15) is 4.31 Å². The fourth-order valence-electron chi connectivity index (χ4n) is 2.67. The number of carbonyl (C=O) groups is 1. The molecular formula is C15H23N3O4S. The van der Waals surface area contributed by atoms with Gasteiger partial charge in [0, 0.05) is 25.8 Å². The van der Waals surface area contributed by atoms with Gasteiger partial charge in [-0.15, -0.1) is 0 Å². The molecule has 23 heavy (non-hydrogen) atoms. The van der Waals surface area contributed by atoms with Gasteiger partial charge in [-0.25, -0.2) is 13.4 Å². The third-order valence-electron chi connectivity index (χ3n) is 3.82. The van der Waals surface area contributed by atoms with E-state index >= 15 is 0 Å². The average Bonchev–Trinajstić information content (AvgIpc) is 2.55. The average molecular weight is 341 g/mol. The molecule has 0 saturated carbocycles. The van der Waals surface area contributed by atoms with Crippen molar-refractivity contribution in [3.8, 4) is 0 Å². The molecule has 2 rings (SSSR count). The number of sulfonamides is 1. The number of rotatable bonds is 7. The maximum Gasteiger partial charge on any atom is 0.323 e. The molecule has 0 aromatic carbocycles. The number of anilines is 1. The van der Waals surface area contributed by atoms with E-state index in [1.165, 1.54) is 16.6 Å². The molecule has 0 radical (unpaired) electrons. The van der Waals surface area contributed by atoms with Gasteiger partial charge < -0.3 is 10.0 Å². The Morgan fingerprint density at radius 2 is 2.00 bits per heavy atom. The van der Waals surface area contributed by atoms with Crippen LogP contribution in [0.1, 0.15) is 32.6 Å². The zero-order valence-corrected chi connectivity index (χ0v) is 14.1. The van der Waals surface area contributed by atoms with E-state index in [2.05, 4.69) is 4.98 Å². The predicted octanol–water partition coefficient (Wildman–Crippen LogP) is 1.56. The normalized spacial score (nSPS) is 16.2. The van der Waals surface area contributed by atoms with E-state index in [9.17, 15) is 13.2 Å². The Hall–Kier alpha value is -1.67. The van der Waals surface area contributed by atoms with E-state index in [0.29, 0.717) is 25.5 Å². The summed E-state index contributed by atoms with van der Waals surface area (Å²) in [7, 11) is -3.50. The Morgan fingerprint density at radius 3 is 2.52 bits per heavy atom. The summed E-state index contributed by atoms with van der Waals surface area (Å²) in [5.74, 6) is -0.461. The molecule has 1 saturated heterocycles. The van der Waals surface area contributed by atoms with Crippen LogP contribution in [0.2, 0.25) is 0 Å². The quantitative estimate of drug-likeness (QED) is 0.809. The van der Waals surface area contributed by atoms with Gasteiger partial charge >= 0.3 is 5.97 Å². The zero-order chi connectivity index (χ0) is 16.9. The highest BCUT2D eigenvalue weighted by atomic mass is 32.2. The Kier molecular flexibility index (Phi) is 5.95. The molecule has 1 aromatic rings. The molecule has 2 heterocycles. The first kappa shape index (κ1) is 17.7. The molecule has 0 unspecified atom stereocenters. The molecule has 1 aromatic heterocycles. The van der Waals surface area contributed by atoms with Crippen LogP contribution in [0.4, 0.5) is 5.82 Å². The van der Waals surface area contributed by atoms with Crippen LogP contribution >= 0.6 is 0 Å². The lowest BCUT2D eigenvalue weighted by Crippen LogP contribution is -2.35. The Labute approximate surface area is 137 Å². The summed E-state index contributed by atoms with van der Waals surface area (Å²) in [6.07, 6.45) is 4.93. The standard InChI is InChI=1S/C15H23N3O4S/c1-2-8-17(12-15(19)20)14-7-6-13(11-16-14)23(21,22)18-9-4-3-5-10-18/h6-7,11H,2-5,8-10,12H2,1H3,(H,19,20). The molecule has 8 heteroatoms. The van der Waals surface area contributed by atoms with Crippen molar-refractivity contribution < 1.29 is 18.3 Å². The number of aliphatic carboxylic acids is 1. The second kappa shape index (κ2) is 7.74. The van der Waals surface area contributed by atoms with Crippen LogP contribution in [0, 0.1) is 0 Å². The number of hydrogen-bond acceptors (Lipinski definition) is 5. The minimum atomic E-state index is -3.50. The van der Waals surface area contributed by atoms with Crippen molar-refractivity contribution in [2.75, 3.05) is 31.1 Å². The minimum Gasteiger partial charge on any atom is -0.480 e. The Morgan fingerprint density at radius 1 is 1.30 bits per heavy atom. The van der Waals surface area contributed by atoms with E-state index in [0.717, 1.165) is 25.7 Å². The molecule has 1 aliphatic heterocycles. The third kappa shape index (κ3) is 4.42. The first-order valence-electron chi connectivity index (χ1n) is 7.88. The predicted molar refractivity (Wildman–Crippen MR) is 87.0 cm³/mol. The smallest absolute Gasteiger partial charge is 0.323 e. The maximum atomic E-state index is 12.6. The molecule has 0 atom stereocenters. The summed E-state index contributed by atoms with van der Waals surface area (Å²) in [4.78, 5) is 16.9. The van der Waals surface area contributed by atoms with Crippen molar-refractivity contribution in [3.63, 3.8) is 0 Å². The van der Waals surface area contributed by atoms with Crippen LogP contribution in [-0.4, -0.2) is 55.0 Å². The van der Waals surface area contributed by atoms with Crippen molar-refractivity contribution >= 4 is 21.8 Å². The molecule has 0 amide bonds. The largest absolute Gasteiger partial charge is 0.480 e. The SMILES string of the molecule is CCCN(CC(=O)O)c1ccc(S(=O)(=O)N2CCCCC2)cn1. The lowest BCUT2D eigenvalue weighted by molar-refractivity contribution is -0.135. The van der Waals surface area contributed by atoms with Crippen LogP contribution in [0.25, 0.3) is 0 Å². The molecule has 1 fully saturated rings. The second-order valence-corrected chi connectivity index (χ2v) is 7.57. The van der Waals surface area contributed by atoms with Crippen molar-refractivity contribution in [2.24, 2.45) is 0 Å². The second-order valence-electron chi connectivity index (χ2n) is 5.63. The van der Waals surface area contributed by atoms with E-state index in [1.807, 2.05) is 6.92 Å². The summed E-state index contributed by atoms with van der Waals surface area (Å²) in [6, 6.07) is 3.09. The van der Waals surface area contributed by atoms with E-state index in [4.69, 9.17) is 5.11 Å². The number of carboxylic acid groups (broad SMARTS) is 1.